The van der Waals surface area contributed by atoms with Gasteiger partial charge in [-0.1, -0.05) is 115 Å². The fraction of sp³-hybridized carbons (Fsp3) is 0.0385. The van der Waals surface area contributed by atoms with Crippen LogP contribution in [0.3, 0.4) is 0 Å². The van der Waals surface area contributed by atoms with Gasteiger partial charge in [0.1, 0.15) is 11.3 Å². The SMILES string of the molecule is C1=Cc2oc3ccc4c5cc(-c6ccc7c(c6)c6ccccc6n7-c6cccc7ccccc67)ccc5n(-c5cccc(-c6ccccc6)c5)c4c3c2CC1. The molecule has 1 aliphatic carbocycles. The van der Waals surface area contributed by atoms with Crippen LogP contribution in [0.5, 0.6) is 0 Å². The summed E-state index contributed by atoms with van der Waals surface area (Å²) in [7, 11) is 0. The highest BCUT2D eigenvalue weighted by atomic mass is 16.3. The van der Waals surface area contributed by atoms with Crippen LogP contribution < -0.4 is 0 Å². The van der Waals surface area contributed by atoms with Crippen LogP contribution in [0.15, 0.2) is 180 Å². The van der Waals surface area contributed by atoms with Crippen LogP contribution in [0.1, 0.15) is 17.7 Å². The molecule has 0 fully saturated rings. The molecule has 0 atom stereocenters. The summed E-state index contributed by atoms with van der Waals surface area (Å²) in [5.74, 6) is 0.986. The molecule has 3 aromatic heterocycles. The third kappa shape index (κ3) is 4.50. The average molecular weight is 703 g/mol. The lowest BCUT2D eigenvalue weighted by Crippen LogP contribution is -1.96. The number of nitrogens with zero attached hydrogens (tertiary/aromatic N) is 2. The molecule has 0 saturated heterocycles. The van der Waals surface area contributed by atoms with Crippen LogP contribution in [-0.4, -0.2) is 9.13 Å². The minimum absolute atomic E-state index is 0.945. The van der Waals surface area contributed by atoms with Gasteiger partial charge in [-0.15, -0.1) is 0 Å². The fourth-order valence-corrected chi connectivity index (χ4v) is 9.29. The maximum Gasteiger partial charge on any atom is 0.137 e. The third-order valence-electron chi connectivity index (χ3n) is 11.8. The first-order valence-electron chi connectivity index (χ1n) is 19.2. The molecule has 3 heterocycles. The van der Waals surface area contributed by atoms with E-state index in [1.54, 1.807) is 0 Å². The normalized spacial score (nSPS) is 12.9. The zero-order chi connectivity index (χ0) is 36.0. The number of aryl methyl sites for hydroxylation is 1. The quantitative estimate of drug-likeness (QED) is 0.179. The maximum absolute atomic E-state index is 6.50. The molecular formula is C52H34N2O. The van der Waals surface area contributed by atoms with Crippen LogP contribution in [0, 0.1) is 0 Å². The van der Waals surface area contributed by atoms with E-state index in [0.717, 1.165) is 29.9 Å². The van der Waals surface area contributed by atoms with Crippen LogP contribution >= 0.6 is 0 Å². The van der Waals surface area contributed by atoms with Gasteiger partial charge in [0.15, 0.2) is 0 Å². The molecule has 1 aliphatic rings. The largest absolute Gasteiger partial charge is 0.456 e. The summed E-state index contributed by atoms with van der Waals surface area (Å²) in [6, 6.07) is 62.2. The second-order valence-electron chi connectivity index (χ2n) is 14.8. The first-order valence-corrected chi connectivity index (χ1v) is 19.2. The van der Waals surface area contributed by atoms with Crippen LogP contribution in [0.25, 0.3) is 105 Å². The van der Waals surface area contributed by atoms with Crippen molar-refractivity contribution in [1.82, 2.24) is 9.13 Å². The minimum Gasteiger partial charge on any atom is -0.456 e. The van der Waals surface area contributed by atoms with Gasteiger partial charge in [0, 0.05) is 43.6 Å². The Bertz CT molecular complexity index is 3370. The van der Waals surface area contributed by atoms with Gasteiger partial charge >= 0.3 is 0 Å². The third-order valence-corrected chi connectivity index (χ3v) is 11.8. The lowest BCUT2D eigenvalue weighted by Gasteiger charge is -2.12. The van der Waals surface area contributed by atoms with Gasteiger partial charge in [-0.05, 0) is 107 Å². The molecule has 55 heavy (non-hydrogen) atoms. The van der Waals surface area contributed by atoms with E-state index in [2.05, 4.69) is 191 Å². The predicted octanol–water partition coefficient (Wildman–Crippen LogP) is 14.1. The number of rotatable bonds is 4. The van der Waals surface area contributed by atoms with E-state index in [9.17, 15) is 0 Å². The van der Waals surface area contributed by atoms with E-state index in [1.165, 1.54) is 93.3 Å². The predicted molar refractivity (Wildman–Crippen MR) is 231 cm³/mol. The lowest BCUT2D eigenvalue weighted by molar-refractivity contribution is 0.595. The van der Waals surface area contributed by atoms with Crippen molar-refractivity contribution < 1.29 is 4.42 Å². The number of allylic oxidation sites excluding steroid dienone is 1. The molecule has 0 amide bonds. The second-order valence-corrected chi connectivity index (χ2v) is 14.8. The maximum atomic E-state index is 6.50. The molecule has 0 radical (unpaired) electrons. The molecule has 0 saturated carbocycles. The molecule has 0 aliphatic heterocycles. The zero-order valence-electron chi connectivity index (χ0n) is 30.0. The molecule has 0 bridgehead atoms. The molecule has 0 unspecified atom stereocenters. The fourth-order valence-electron chi connectivity index (χ4n) is 9.29. The Hall–Kier alpha value is -7.10. The highest BCUT2D eigenvalue weighted by Crippen LogP contribution is 2.44. The number of fused-ring (bicyclic) bond motifs is 11. The molecule has 0 N–H and O–H groups in total. The summed E-state index contributed by atoms with van der Waals surface area (Å²) < 4.78 is 11.4. The Balaban J connectivity index is 1.10. The molecule has 3 heteroatoms. The topological polar surface area (TPSA) is 23.0 Å². The standard InChI is InChI=1S/C52H34N2O/c1-2-12-33(13-3-1)35-16-10-17-38(30-35)53-47-27-24-37(32-44(47)41-26-29-50-51(52(41)53)42-20-7-9-23-49(42)55-50)36-25-28-48-43(31-36)40-19-6-8-21-46(40)54(48)45-22-11-15-34-14-4-5-18-39(34)45/h1-6,8-19,21-32H,7,20H2. The van der Waals surface area contributed by atoms with Crippen LogP contribution in [0.4, 0.5) is 0 Å². The average Bonchev–Trinajstić information content (AvgIpc) is 3.91. The summed E-state index contributed by atoms with van der Waals surface area (Å²) in [6.07, 6.45) is 6.37. The van der Waals surface area contributed by atoms with Crippen molar-refractivity contribution in [2.75, 3.05) is 0 Å². The molecule has 3 nitrogen and oxygen atoms in total. The van der Waals surface area contributed by atoms with Crippen molar-refractivity contribution in [1.29, 1.82) is 0 Å². The van der Waals surface area contributed by atoms with Gasteiger partial charge < -0.3 is 13.6 Å². The van der Waals surface area contributed by atoms with Crippen molar-refractivity contribution >= 4 is 71.4 Å². The summed E-state index contributed by atoms with van der Waals surface area (Å²) in [6.45, 7) is 0. The molecule has 11 aromatic rings. The van der Waals surface area contributed by atoms with Gasteiger partial charge in [0.2, 0.25) is 0 Å². The summed E-state index contributed by atoms with van der Waals surface area (Å²) >= 11 is 0. The van der Waals surface area contributed by atoms with Crippen molar-refractivity contribution in [2.24, 2.45) is 0 Å². The Kier molecular flexibility index (Phi) is 6.46. The number of furan rings is 1. The smallest absolute Gasteiger partial charge is 0.137 e. The van der Waals surface area contributed by atoms with Gasteiger partial charge in [-0.2, -0.15) is 0 Å². The van der Waals surface area contributed by atoms with Gasteiger partial charge in [0.05, 0.1) is 27.8 Å². The van der Waals surface area contributed by atoms with Crippen molar-refractivity contribution in [3.63, 3.8) is 0 Å². The van der Waals surface area contributed by atoms with E-state index < -0.39 is 0 Å². The molecule has 12 rings (SSSR count). The van der Waals surface area contributed by atoms with Gasteiger partial charge in [0.25, 0.3) is 0 Å². The van der Waals surface area contributed by atoms with Crippen molar-refractivity contribution in [3.05, 3.63) is 187 Å². The lowest BCUT2D eigenvalue weighted by atomic mass is 9.98. The molecule has 0 spiro atoms. The molecule has 8 aromatic carbocycles. The zero-order valence-corrected chi connectivity index (χ0v) is 30.0. The van der Waals surface area contributed by atoms with Crippen LogP contribution in [-0.2, 0) is 6.42 Å². The summed E-state index contributed by atoms with van der Waals surface area (Å²) in [4.78, 5) is 0. The number of aromatic nitrogens is 2. The Morgan fingerprint density at radius 3 is 2.00 bits per heavy atom. The monoisotopic (exact) mass is 702 g/mol. The highest BCUT2D eigenvalue weighted by molar-refractivity contribution is 6.20. The Morgan fingerprint density at radius 1 is 0.455 bits per heavy atom. The van der Waals surface area contributed by atoms with E-state index in [-0.39, 0.29) is 0 Å². The molecule has 258 valence electrons. The van der Waals surface area contributed by atoms with E-state index >= 15 is 0 Å². The summed E-state index contributed by atoms with van der Waals surface area (Å²) in [5, 5.41) is 8.69. The minimum atomic E-state index is 0.945. The number of hydrogen-bond acceptors (Lipinski definition) is 1. The van der Waals surface area contributed by atoms with E-state index in [1.807, 2.05) is 0 Å². The second kappa shape index (κ2) is 11.7. The van der Waals surface area contributed by atoms with Crippen molar-refractivity contribution in [2.45, 2.75) is 12.8 Å². The van der Waals surface area contributed by atoms with Crippen LogP contribution in [0.2, 0.25) is 0 Å². The van der Waals surface area contributed by atoms with E-state index in [4.69, 9.17) is 4.42 Å². The highest BCUT2D eigenvalue weighted by Gasteiger charge is 2.23. The van der Waals surface area contributed by atoms with Crippen molar-refractivity contribution in [3.8, 4) is 33.6 Å². The van der Waals surface area contributed by atoms with E-state index in [0.29, 0.717) is 0 Å². The number of hydrogen-bond donors (Lipinski definition) is 0. The first-order chi connectivity index (χ1) is 27.3. The van der Waals surface area contributed by atoms with Gasteiger partial charge in [-0.25, -0.2) is 0 Å². The van der Waals surface area contributed by atoms with Gasteiger partial charge in [-0.3, -0.25) is 0 Å². The Morgan fingerprint density at radius 2 is 1.13 bits per heavy atom. The number of para-hydroxylation sites is 1. The Labute approximate surface area is 317 Å². The number of benzene rings is 8. The molecular weight excluding hydrogens is 669 g/mol. The first kappa shape index (κ1) is 30.4. The summed E-state index contributed by atoms with van der Waals surface area (Å²) in [5.41, 5.74) is 14.2.